The van der Waals surface area contributed by atoms with Crippen molar-refractivity contribution in [3.63, 3.8) is 0 Å². The Morgan fingerprint density at radius 2 is 2.07 bits per heavy atom. The number of benzene rings is 1. The lowest BCUT2D eigenvalue weighted by molar-refractivity contribution is -0.385. The fraction of sp³-hybridized carbons (Fsp3) is 0.250. The molecule has 0 radical (unpaired) electrons. The molecule has 0 bridgehead atoms. The summed E-state index contributed by atoms with van der Waals surface area (Å²) >= 11 is 5.33. The highest BCUT2D eigenvalue weighted by molar-refractivity contribution is 7.91. The van der Waals surface area contributed by atoms with Crippen LogP contribution in [0.4, 0.5) is 5.69 Å². The van der Waals surface area contributed by atoms with E-state index < -0.39 is 14.8 Å². The predicted molar refractivity (Wildman–Crippen MR) is 55.9 cm³/mol. The maximum atomic E-state index is 11.5. The van der Waals surface area contributed by atoms with E-state index in [9.17, 15) is 18.5 Å². The zero-order chi connectivity index (χ0) is 11.5. The Morgan fingerprint density at radius 1 is 1.40 bits per heavy atom. The molecule has 15 heavy (non-hydrogen) atoms. The maximum absolute atomic E-state index is 11.5. The van der Waals surface area contributed by atoms with Crippen LogP contribution in [0.15, 0.2) is 29.2 Å². The van der Waals surface area contributed by atoms with Crippen molar-refractivity contribution in [3.05, 3.63) is 34.4 Å². The molecule has 0 fully saturated rings. The van der Waals surface area contributed by atoms with Crippen molar-refractivity contribution in [3.8, 4) is 0 Å². The standard InChI is InChI=1S/C8H8ClNO4S/c9-4-5-15(13,14)8-3-1-2-7(6-8)10(11)12/h1-3,6H,4-5H2. The number of alkyl halides is 1. The molecule has 5 nitrogen and oxygen atoms in total. The van der Waals surface area contributed by atoms with Gasteiger partial charge in [-0.05, 0) is 6.07 Å². The minimum absolute atomic E-state index is 0.0367. The SMILES string of the molecule is O=[N+]([O-])c1cccc(S(=O)(=O)CCCl)c1. The van der Waals surface area contributed by atoms with Crippen molar-refractivity contribution >= 4 is 27.1 Å². The van der Waals surface area contributed by atoms with Gasteiger partial charge in [-0.3, -0.25) is 10.1 Å². The molecule has 0 saturated carbocycles. The highest BCUT2D eigenvalue weighted by atomic mass is 35.5. The van der Waals surface area contributed by atoms with Crippen LogP contribution in [0.2, 0.25) is 0 Å². The number of sulfone groups is 1. The fourth-order valence-electron chi connectivity index (χ4n) is 1.01. The van der Waals surface area contributed by atoms with E-state index in [2.05, 4.69) is 0 Å². The summed E-state index contributed by atoms with van der Waals surface area (Å²) in [6, 6.07) is 4.91. The van der Waals surface area contributed by atoms with Crippen LogP contribution in [0.5, 0.6) is 0 Å². The van der Waals surface area contributed by atoms with Crippen molar-refractivity contribution in [2.24, 2.45) is 0 Å². The summed E-state index contributed by atoms with van der Waals surface area (Å²) in [6.45, 7) is 0. The average molecular weight is 250 g/mol. The van der Waals surface area contributed by atoms with Gasteiger partial charge < -0.3 is 0 Å². The van der Waals surface area contributed by atoms with E-state index in [1.807, 2.05) is 0 Å². The molecular formula is C8H8ClNO4S. The number of halogens is 1. The molecule has 0 aliphatic heterocycles. The van der Waals surface area contributed by atoms with Gasteiger partial charge in [-0.2, -0.15) is 0 Å². The molecule has 0 aliphatic rings. The number of hydrogen-bond donors (Lipinski definition) is 0. The molecule has 0 aromatic heterocycles. The summed E-state index contributed by atoms with van der Waals surface area (Å²) in [5, 5.41) is 10.4. The van der Waals surface area contributed by atoms with Crippen molar-refractivity contribution in [2.45, 2.75) is 4.90 Å². The largest absolute Gasteiger partial charge is 0.270 e. The molecule has 0 amide bonds. The zero-order valence-electron chi connectivity index (χ0n) is 7.59. The second-order valence-electron chi connectivity index (χ2n) is 2.76. The molecule has 0 heterocycles. The van der Waals surface area contributed by atoms with Crippen molar-refractivity contribution in [1.29, 1.82) is 0 Å². The molecule has 0 N–H and O–H groups in total. The van der Waals surface area contributed by atoms with Gasteiger partial charge in [-0.25, -0.2) is 8.42 Å². The van der Waals surface area contributed by atoms with Gasteiger partial charge in [0, 0.05) is 18.0 Å². The summed E-state index contributed by atoms with van der Waals surface area (Å²) in [7, 11) is -3.50. The number of nitrogens with zero attached hydrogens (tertiary/aromatic N) is 1. The Bertz CT molecular complexity index is 471. The van der Waals surface area contributed by atoms with Gasteiger partial charge in [-0.15, -0.1) is 11.6 Å². The molecule has 0 saturated heterocycles. The molecule has 82 valence electrons. The Labute approximate surface area is 91.7 Å². The van der Waals surface area contributed by atoms with Crippen molar-refractivity contribution in [1.82, 2.24) is 0 Å². The molecule has 7 heteroatoms. The second-order valence-corrected chi connectivity index (χ2v) is 5.25. The maximum Gasteiger partial charge on any atom is 0.270 e. The first-order chi connectivity index (χ1) is 6.97. The smallest absolute Gasteiger partial charge is 0.258 e. The van der Waals surface area contributed by atoms with Crippen LogP contribution < -0.4 is 0 Å². The summed E-state index contributed by atoms with van der Waals surface area (Å²) in [4.78, 5) is 9.71. The molecule has 1 aromatic carbocycles. The normalized spacial score (nSPS) is 11.3. The Kier molecular flexibility index (Phi) is 3.65. The topological polar surface area (TPSA) is 77.3 Å². The van der Waals surface area contributed by atoms with Gasteiger partial charge in [-0.1, -0.05) is 6.07 Å². The fourth-order valence-corrected chi connectivity index (χ4v) is 2.64. The Balaban J connectivity index is 3.16. The van der Waals surface area contributed by atoms with E-state index >= 15 is 0 Å². The van der Waals surface area contributed by atoms with Crippen LogP contribution >= 0.6 is 11.6 Å². The van der Waals surface area contributed by atoms with Crippen LogP contribution in [0.1, 0.15) is 0 Å². The Morgan fingerprint density at radius 3 is 2.60 bits per heavy atom. The average Bonchev–Trinajstić information content (AvgIpc) is 2.18. The van der Waals surface area contributed by atoms with E-state index in [0.717, 1.165) is 6.07 Å². The number of nitro groups is 1. The van der Waals surface area contributed by atoms with E-state index in [1.54, 1.807) is 0 Å². The lowest BCUT2D eigenvalue weighted by Gasteiger charge is -2.01. The lowest BCUT2D eigenvalue weighted by Crippen LogP contribution is -2.08. The molecule has 0 spiro atoms. The van der Waals surface area contributed by atoms with Crippen LogP contribution in [-0.4, -0.2) is 25.0 Å². The van der Waals surface area contributed by atoms with E-state index in [-0.39, 0.29) is 22.2 Å². The molecule has 0 unspecified atom stereocenters. The van der Waals surface area contributed by atoms with Crippen molar-refractivity contribution in [2.75, 3.05) is 11.6 Å². The summed E-state index contributed by atoms with van der Waals surface area (Å²) < 4.78 is 23.0. The van der Waals surface area contributed by atoms with E-state index in [1.165, 1.54) is 18.2 Å². The molecule has 1 aromatic rings. The quantitative estimate of drug-likeness (QED) is 0.461. The molecule has 1 rings (SSSR count). The number of non-ortho nitro benzene ring substituents is 1. The summed E-state index contributed by atoms with van der Waals surface area (Å²) in [6.07, 6.45) is 0. The third kappa shape index (κ3) is 2.90. The van der Waals surface area contributed by atoms with Crippen LogP contribution in [-0.2, 0) is 9.84 Å². The minimum Gasteiger partial charge on any atom is -0.258 e. The van der Waals surface area contributed by atoms with Crippen LogP contribution in [0.25, 0.3) is 0 Å². The van der Waals surface area contributed by atoms with E-state index in [4.69, 9.17) is 11.6 Å². The first-order valence-corrected chi connectivity index (χ1v) is 6.19. The predicted octanol–water partition coefficient (Wildman–Crippen LogP) is 1.61. The van der Waals surface area contributed by atoms with Gasteiger partial charge in [0.25, 0.3) is 5.69 Å². The lowest BCUT2D eigenvalue weighted by atomic mass is 10.3. The van der Waals surface area contributed by atoms with E-state index in [0.29, 0.717) is 0 Å². The van der Waals surface area contributed by atoms with Crippen LogP contribution in [0, 0.1) is 10.1 Å². The Hall–Kier alpha value is -1.14. The van der Waals surface area contributed by atoms with Gasteiger partial charge in [0.1, 0.15) is 0 Å². The van der Waals surface area contributed by atoms with Gasteiger partial charge in [0.15, 0.2) is 9.84 Å². The third-order valence-corrected chi connectivity index (χ3v) is 3.86. The molecular weight excluding hydrogens is 242 g/mol. The zero-order valence-corrected chi connectivity index (χ0v) is 9.16. The minimum atomic E-state index is -3.50. The number of rotatable bonds is 4. The second kappa shape index (κ2) is 4.59. The highest BCUT2D eigenvalue weighted by Gasteiger charge is 2.16. The first-order valence-electron chi connectivity index (χ1n) is 4.00. The molecule has 0 atom stereocenters. The van der Waals surface area contributed by atoms with Gasteiger partial charge >= 0.3 is 0 Å². The summed E-state index contributed by atoms with van der Waals surface area (Å²) in [5.41, 5.74) is -0.245. The first kappa shape index (κ1) is 11.9. The highest BCUT2D eigenvalue weighted by Crippen LogP contribution is 2.18. The van der Waals surface area contributed by atoms with Gasteiger partial charge in [0.2, 0.25) is 0 Å². The summed E-state index contributed by atoms with van der Waals surface area (Å²) in [5.74, 6) is -0.263. The monoisotopic (exact) mass is 249 g/mol. The number of hydrogen-bond acceptors (Lipinski definition) is 4. The number of nitro benzene ring substituents is 1. The molecule has 0 aliphatic carbocycles. The third-order valence-electron chi connectivity index (χ3n) is 1.73. The van der Waals surface area contributed by atoms with Crippen LogP contribution in [0.3, 0.4) is 0 Å². The van der Waals surface area contributed by atoms with Gasteiger partial charge in [0.05, 0.1) is 15.6 Å². The van der Waals surface area contributed by atoms with Crippen molar-refractivity contribution < 1.29 is 13.3 Å².